The van der Waals surface area contributed by atoms with Crippen molar-refractivity contribution in [3.8, 4) is 0 Å². The van der Waals surface area contributed by atoms with Crippen LogP contribution in [0, 0.1) is 6.92 Å². The first-order chi connectivity index (χ1) is 8.17. The molecule has 1 aromatic rings. The number of hydrogen-bond donors (Lipinski definition) is 1. The van der Waals surface area contributed by atoms with E-state index in [0.29, 0.717) is 11.6 Å². The van der Waals surface area contributed by atoms with Gasteiger partial charge in [0.1, 0.15) is 17.5 Å². The Morgan fingerprint density at radius 2 is 1.72 bits per heavy atom. The van der Waals surface area contributed by atoms with Crippen molar-refractivity contribution in [2.24, 2.45) is 0 Å². The highest BCUT2D eigenvalue weighted by molar-refractivity contribution is 5.48. The number of ether oxygens (including phenoxy) is 1. The lowest BCUT2D eigenvalue weighted by Gasteiger charge is -2.47. The maximum absolute atomic E-state index is 6.06. The van der Waals surface area contributed by atoms with E-state index in [1.807, 2.05) is 13.0 Å². The number of morpholine rings is 1. The van der Waals surface area contributed by atoms with Crippen LogP contribution in [0.2, 0.25) is 0 Å². The highest BCUT2D eigenvalue weighted by Gasteiger charge is 2.38. The quantitative estimate of drug-likeness (QED) is 0.822. The van der Waals surface area contributed by atoms with Crippen LogP contribution >= 0.6 is 0 Å². The molecule has 2 N–H and O–H groups in total. The number of nitrogens with two attached hydrogens (primary N) is 1. The van der Waals surface area contributed by atoms with Crippen LogP contribution in [0.15, 0.2) is 6.07 Å². The first kappa shape index (κ1) is 13.1. The number of hydrogen-bond acceptors (Lipinski definition) is 5. The van der Waals surface area contributed by atoms with Gasteiger partial charge in [-0.15, -0.1) is 0 Å². The van der Waals surface area contributed by atoms with E-state index in [0.717, 1.165) is 18.9 Å². The lowest BCUT2D eigenvalue weighted by molar-refractivity contribution is -0.133. The summed E-state index contributed by atoms with van der Waals surface area (Å²) in [6.07, 6.45) is 0. The van der Waals surface area contributed by atoms with Crippen molar-refractivity contribution in [1.29, 1.82) is 0 Å². The summed E-state index contributed by atoms with van der Waals surface area (Å²) >= 11 is 0. The average molecular weight is 250 g/mol. The molecule has 0 bridgehead atoms. The van der Waals surface area contributed by atoms with E-state index >= 15 is 0 Å². The molecule has 5 heteroatoms. The summed E-state index contributed by atoms with van der Waals surface area (Å²) in [5, 5.41) is 0. The zero-order chi connectivity index (χ0) is 13.6. The van der Waals surface area contributed by atoms with Gasteiger partial charge in [-0.3, -0.25) is 0 Å². The topological polar surface area (TPSA) is 64.3 Å². The maximum Gasteiger partial charge on any atom is 0.134 e. The second-order valence-electron chi connectivity index (χ2n) is 6.18. The highest BCUT2D eigenvalue weighted by atomic mass is 16.5. The molecule has 18 heavy (non-hydrogen) atoms. The van der Waals surface area contributed by atoms with Gasteiger partial charge in [-0.25, -0.2) is 9.97 Å². The average Bonchev–Trinajstić information content (AvgIpc) is 2.10. The Balaban J connectivity index is 2.32. The molecule has 100 valence electrons. The van der Waals surface area contributed by atoms with Crippen LogP contribution in [0.4, 0.5) is 11.6 Å². The summed E-state index contributed by atoms with van der Waals surface area (Å²) < 4.78 is 6.06. The highest BCUT2D eigenvalue weighted by Crippen LogP contribution is 2.30. The Morgan fingerprint density at radius 1 is 1.17 bits per heavy atom. The van der Waals surface area contributed by atoms with Gasteiger partial charge in [-0.05, 0) is 34.6 Å². The number of nitrogens with zero attached hydrogens (tertiary/aromatic N) is 3. The van der Waals surface area contributed by atoms with E-state index in [1.165, 1.54) is 0 Å². The number of nitrogen functional groups attached to an aromatic ring is 1. The van der Waals surface area contributed by atoms with Crippen LogP contribution < -0.4 is 10.6 Å². The molecule has 1 aliphatic rings. The van der Waals surface area contributed by atoms with E-state index in [9.17, 15) is 0 Å². The van der Waals surface area contributed by atoms with Crippen LogP contribution in [-0.4, -0.2) is 34.3 Å². The van der Waals surface area contributed by atoms with Crippen molar-refractivity contribution in [3.05, 3.63) is 11.9 Å². The first-order valence-corrected chi connectivity index (χ1v) is 6.23. The third kappa shape index (κ3) is 2.90. The van der Waals surface area contributed by atoms with Crippen LogP contribution in [0.5, 0.6) is 0 Å². The second-order valence-corrected chi connectivity index (χ2v) is 6.18. The fraction of sp³-hybridized carbons (Fsp3) is 0.692. The van der Waals surface area contributed by atoms with E-state index in [2.05, 4.69) is 42.6 Å². The zero-order valence-corrected chi connectivity index (χ0v) is 11.8. The van der Waals surface area contributed by atoms with Crippen molar-refractivity contribution in [1.82, 2.24) is 9.97 Å². The molecule has 0 spiro atoms. The fourth-order valence-corrected chi connectivity index (χ4v) is 2.69. The molecule has 0 atom stereocenters. The molecule has 0 amide bonds. The first-order valence-electron chi connectivity index (χ1n) is 6.23. The summed E-state index contributed by atoms with van der Waals surface area (Å²) in [4.78, 5) is 10.8. The Labute approximate surface area is 108 Å². The molecular weight excluding hydrogens is 228 g/mol. The van der Waals surface area contributed by atoms with Crippen molar-refractivity contribution in [3.63, 3.8) is 0 Å². The second kappa shape index (κ2) is 4.09. The molecule has 5 nitrogen and oxygen atoms in total. The molecule has 0 unspecified atom stereocenters. The van der Waals surface area contributed by atoms with Gasteiger partial charge >= 0.3 is 0 Å². The van der Waals surface area contributed by atoms with E-state index in [4.69, 9.17) is 10.5 Å². The molecule has 2 rings (SSSR count). The molecule has 1 fully saturated rings. The van der Waals surface area contributed by atoms with Crippen molar-refractivity contribution < 1.29 is 4.74 Å². The predicted molar refractivity (Wildman–Crippen MR) is 72.6 cm³/mol. The van der Waals surface area contributed by atoms with Crippen LogP contribution in [-0.2, 0) is 4.74 Å². The van der Waals surface area contributed by atoms with Crippen molar-refractivity contribution >= 4 is 11.6 Å². The van der Waals surface area contributed by atoms with E-state index in [-0.39, 0.29) is 11.2 Å². The van der Waals surface area contributed by atoms with Crippen LogP contribution in [0.3, 0.4) is 0 Å². The SMILES string of the molecule is Cc1nc(N)cc(N2CC(C)(C)OC(C)(C)C2)n1. The molecular formula is C13H22N4O. The van der Waals surface area contributed by atoms with Gasteiger partial charge < -0.3 is 15.4 Å². The van der Waals surface area contributed by atoms with Gasteiger partial charge in [0.15, 0.2) is 0 Å². The minimum Gasteiger partial charge on any atom is -0.384 e. The molecule has 1 aromatic heterocycles. The Bertz CT molecular complexity index is 420. The number of anilines is 2. The molecule has 2 heterocycles. The van der Waals surface area contributed by atoms with Gasteiger partial charge in [0.05, 0.1) is 11.2 Å². The Morgan fingerprint density at radius 3 is 2.22 bits per heavy atom. The summed E-state index contributed by atoms with van der Waals surface area (Å²) in [5.41, 5.74) is 5.39. The number of rotatable bonds is 1. The molecule has 0 aliphatic carbocycles. The monoisotopic (exact) mass is 250 g/mol. The fourth-order valence-electron chi connectivity index (χ4n) is 2.69. The summed E-state index contributed by atoms with van der Waals surface area (Å²) in [6.45, 7) is 11.8. The number of aromatic nitrogens is 2. The van der Waals surface area contributed by atoms with Crippen molar-refractivity contribution in [2.75, 3.05) is 23.7 Å². The van der Waals surface area contributed by atoms with Crippen LogP contribution in [0.1, 0.15) is 33.5 Å². The van der Waals surface area contributed by atoms with E-state index < -0.39 is 0 Å². The standard InChI is InChI=1S/C13H22N4O/c1-9-15-10(14)6-11(16-9)17-7-12(2,3)18-13(4,5)8-17/h6H,7-8H2,1-5H3,(H2,14,15,16). The molecule has 1 aliphatic heterocycles. The molecule has 0 radical (unpaired) electrons. The molecule has 0 aromatic carbocycles. The third-order valence-electron chi connectivity index (χ3n) is 2.86. The maximum atomic E-state index is 6.06. The summed E-state index contributed by atoms with van der Waals surface area (Å²) in [6, 6.07) is 1.82. The van der Waals surface area contributed by atoms with E-state index in [1.54, 1.807) is 0 Å². The normalized spacial score (nSPS) is 21.9. The van der Waals surface area contributed by atoms with Crippen LogP contribution in [0.25, 0.3) is 0 Å². The molecule has 1 saturated heterocycles. The van der Waals surface area contributed by atoms with Gasteiger partial charge in [-0.1, -0.05) is 0 Å². The summed E-state index contributed by atoms with van der Waals surface area (Å²) in [7, 11) is 0. The summed E-state index contributed by atoms with van der Waals surface area (Å²) in [5.74, 6) is 2.09. The lowest BCUT2D eigenvalue weighted by Crippen LogP contribution is -2.57. The smallest absolute Gasteiger partial charge is 0.134 e. The number of aryl methyl sites for hydroxylation is 1. The van der Waals surface area contributed by atoms with Gasteiger partial charge in [-0.2, -0.15) is 0 Å². The van der Waals surface area contributed by atoms with Gasteiger partial charge in [0.2, 0.25) is 0 Å². The Kier molecular flexibility index (Phi) is 2.97. The van der Waals surface area contributed by atoms with Gasteiger partial charge in [0.25, 0.3) is 0 Å². The zero-order valence-electron chi connectivity index (χ0n) is 11.8. The Hall–Kier alpha value is -1.36. The minimum absolute atomic E-state index is 0.199. The lowest BCUT2D eigenvalue weighted by atomic mass is 9.99. The van der Waals surface area contributed by atoms with Crippen molar-refractivity contribution in [2.45, 2.75) is 45.8 Å². The minimum atomic E-state index is -0.199. The molecule has 0 saturated carbocycles. The van der Waals surface area contributed by atoms with Gasteiger partial charge in [0, 0.05) is 19.2 Å². The predicted octanol–water partition coefficient (Wildman–Crippen LogP) is 1.76. The largest absolute Gasteiger partial charge is 0.384 e. The third-order valence-corrected chi connectivity index (χ3v) is 2.86.